The molecule has 2 heterocycles. The molecule has 0 aromatic heterocycles. The summed E-state index contributed by atoms with van der Waals surface area (Å²) >= 11 is 0. The number of carbonyl (C=O) groups is 1. The van der Waals surface area contributed by atoms with E-state index in [1.54, 1.807) is 12.1 Å². The Labute approximate surface area is 137 Å². The molecule has 3 rings (SSSR count). The molecule has 2 saturated heterocycles. The van der Waals surface area contributed by atoms with Gasteiger partial charge in [0, 0.05) is 19.1 Å². The van der Waals surface area contributed by atoms with Crippen molar-refractivity contribution in [3.63, 3.8) is 0 Å². The number of ether oxygens (including phenoxy) is 1. The summed E-state index contributed by atoms with van der Waals surface area (Å²) in [6.07, 6.45) is 2.88. The molecule has 23 heavy (non-hydrogen) atoms. The molecule has 5 heteroatoms. The second kappa shape index (κ2) is 7.41. The van der Waals surface area contributed by atoms with E-state index in [1.807, 2.05) is 4.90 Å². The number of nitrogens with zero attached hydrogens (tertiary/aromatic N) is 1. The maximum Gasteiger partial charge on any atom is 0.227 e. The van der Waals surface area contributed by atoms with Crippen LogP contribution in [0.3, 0.4) is 0 Å². The van der Waals surface area contributed by atoms with Crippen molar-refractivity contribution in [1.82, 2.24) is 10.2 Å². The fourth-order valence-corrected chi connectivity index (χ4v) is 3.47. The molecule has 1 amide bonds. The van der Waals surface area contributed by atoms with Gasteiger partial charge in [0.25, 0.3) is 0 Å². The highest BCUT2D eigenvalue weighted by atomic mass is 19.1. The van der Waals surface area contributed by atoms with Crippen LogP contribution in [0.4, 0.5) is 4.39 Å². The van der Waals surface area contributed by atoms with E-state index >= 15 is 0 Å². The first-order valence-corrected chi connectivity index (χ1v) is 8.51. The highest BCUT2D eigenvalue weighted by molar-refractivity contribution is 5.80. The third kappa shape index (κ3) is 4.09. The maximum atomic E-state index is 12.9. The maximum absolute atomic E-state index is 12.9. The first kappa shape index (κ1) is 16.4. The van der Waals surface area contributed by atoms with Crippen LogP contribution >= 0.6 is 0 Å². The van der Waals surface area contributed by atoms with Crippen molar-refractivity contribution in [2.24, 2.45) is 5.92 Å². The Bertz CT molecular complexity index is 526. The lowest BCUT2D eigenvalue weighted by molar-refractivity contribution is -0.138. The number of piperidine rings is 1. The van der Waals surface area contributed by atoms with Gasteiger partial charge in [-0.05, 0) is 50.4 Å². The van der Waals surface area contributed by atoms with E-state index < -0.39 is 0 Å². The molecule has 1 aromatic carbocycles. The van der Waals surface area contributed by atoms with Crippen LogP contribution in [-0.2, 0) is 16.1 Å². The van der Waals surface area contributed by atoms with Crippen LogP contribution in [0.15, 0.2) is 24.3 Å². The normalized spacial score (nSPS) is 25.7. The van der Waals surface area contributed by atoms with Gasteiger partial charge < -0.3 is 15.0 Å². The SMILES string of the molecule is CC1NCCC1C(=O)N1CCC(OCc2ccc(F)cc2)CC1. The smallest absolute Gasteiger partial charge is 0.227 e. The number of hydrogen-bond acceptors (Lipinski definition) is 3. The highest BCUT2D eigenvalue weighted by Gasteiger charge is 2.34. The molecule has 2 aliphatic rings. The number of rotatable bonds is 4. The molecule has 0 spiro atoms. The molecule has 2 atom stereocenters. The second-order valence-electron chi connectivity index (χ2n) is 6.60. The monoisotopic (exact) mass is 320 g/mol. The fourth-order valence-electron chi connectivity index (χ4n) is 3.47. The van der Waals surface area contributed by atoms with Crippen molar-refractivity contribution < 1.29 is 13.9 Å². The van der Waals surface area contributed by atoms with Crippen LogP contribution in [0.5, 0.6) is 0 Å². The highest BCUT2D eigenvalue weighted by Crippen LogP contribution is 2.22. The van der Waals surface area contributed by atoms with Crippen molar-refractivity contribution in [3.8, 4) is 0 Å². The Morgan fingerprint density at radius 2 is 1.96 bits per heavy atom. The molecule has 1 N–H and O–H groups in total. The van der Waals surface area contributed by atoms with Crippen LogP contribution in [-0.4, -0.2) is 42.6 Å². The average molecular weight is 320 g/mol. The minimum absolute atomic E-state index is 0.131. The number of carbonyl (C=O) groups excluding carboxylic acids is 1. The standard InChI is InChI=1S/C18H25FN2O2/c1-13-17(6-9-20-13)18(22)21-10-7-16(8-11-21)23-12-14-2-4-15(19)5-3-14/h2-5,13,16-17,20H,6-12H2,1H3. The van der Waals surface area contributed by atoms with Crippen molar-refractivity contribution in [3.05, 3.63) is 35.6 Å². The van der Waals surface area contributed by atoms with Gasteiger partial charge in [-0.2, -0.15) is 0 Å². The number of nitrogens with one attached hydrogen (secondary N) is 1. The second-order valence-corrected chi connectivity index (χ2v) is 6.60. The summed E-state index contributed by atoms with van der Waals surface area (Å²) < 4.78 is 18.8. The van der Waals surface area contributed by atoms with Gasteiger partial charge in [0.2, 0.25) is 5.91 Å². The first-order chi connectivity index (χ1) is 11.1. The van der Waals surface area contributed by atoms with Gasteiger partial charge in [0.1, 0.15) is 5.82 Å². The summed E-state index contributed by atoms with van der Waals surface area (Å²) in [5, 5.41) is 3.34. The van der Waals surface area contributed by atoms with Gasteiger partial charge in [0.15, 0.2) is 0 Å². The molecule has 4 nitrogen and oxygen atoms in total. The van der Waals surface area contributed by atoms with Crippen LogP contribution in [0.1, 0.15) is 31.7 Å². The minimum Gasteiger partial charge on any atom is -0.373 e. The Balaban J connectivity index is 1.43. The van der Waals surface area contributed by atoms with Crippen LogP contribution < -0.4 is 5.32 Å². The van der Waals surface area contributed by atoms with E-state index in [0.717, 1.165) is 44.5 Å². The predicted molar refractivity (Wildman–Crippen MR) is 86.4 cm³/mol. The van der Waals surface area contributed by atoms with E-state index in [9.17, 15) is 9.18 Å². The molecular weight excluding hydrogens is 295 g/mol. The van der Waals surface area contributed by atoms with Gasteiger partial charge >= 0.3 is 0 Å². The summed E-state index contributed by atoms with van der Waals surface area (Å²) in [4.78, 5) is 14.5. The first-order valence-electron chi connectivity index (χ1n) is 8.51. The largest absolute Gasteiger partial charge is 0.373 e. The quantitative estimate of drug-likeness (QED) is 0.926. The van der Waals surface area contributed by atoms with Gasteiger partial charge in [0.05, 0.1) is 18.6 Å². The lowest BCUT2D eigenvalue weighted by Crippen LogP contribution is -2.45. The molecule has 0 aliphatic carbocycles. The van der Waals surface area contributed by atoms with Gasteiger partial charge in [-0.25, -0.2) is 4.39 Å². The molecule has 0 saturated carbocycles. The molecule has 2 unspecified atom stereocenters. The fraction of sp³-hybridized carbons (Fsp3) is 0.611. The Morgan fingerprint density at radius 3 is 2.57 bits per heavy atom. The lowest BCUT2D eigenvalue weighted by Gasteiger charge is -2.34. The van der Waals surface area contributed by atoms with Gasteiger partial charge in [-0.1, -0.05) is 12.1 Å². The molecule has 0 radical (unpaired) electrons. The number of benzene rings is 1. The number of likely N-dealkylation sites (tertiary alicyclic amines) is 1. The van der Waals surface area contributed by atoms with E-state index in [2.05, 4.69) is 12.2 Å². The molecule has 2 fully saturated rings. The van der Waals surface area contributed by atoms with Crippen molar-refractivity contribution in [1.29, 1.82) is 0 Å². The number of halogens is 1. The van der Waals surface area contributed by atoms with Crippen molar-refractivity contribution in [2.45, 2.75) is 44.9 Å². The van der Waals surface area contributed by atoms with E-state index in [-0.39, 0.29) is 23.9 Å². The number of amides is 1. The molecular formula is C18H25FN2O2. The average Bonchev–Trinajstić information content (AvgIpc) is 3.00. The third-order valence-corrected chi connectivity index (χ3v) is 5.00. The molecule has 2 aliphatic heterocycles. The molecule has 0 bridgehead atoms. The van der Waals surface area contributed by atoms with E-state index in [1.165, 1.54) is 12.1 Å². The summed E-state index contributed by atoms with van der Waals surface area (Å²) in [7, 11) is 0. The van der Waals surface area contributed by atoms with Gasteiger partial charge in [-0.3, -0.25) is 4.79 Å². The van der Waals surface area contributed by atoms with Gasteiger partial charge in [-0.15, -0.1) is 0 Å². The van der Waals surface area contributed by atoms with Crippen molar-refractivity contribution in [2.75, 3.05) is 19.6 Å². The summed E-state index contributed by atoms with van der Waals surface area (Å²) in [6, 6.07) is 6.70. The van der Waals surface area contributed by atoms with Crippen LogP contribution in [0.2, 0.25) is 0 Å². The summed E-state index contributed by atoms with van der Waals surface area (Å²) in [6.45, 7) is 5.08. The lowest BCUT2D eigenvalue weighted by atomic mass is 9.98. The van der Waals surface area contributed by atoms with E-state index in [0.29, 0.717) is 12.5 Å². The Morgan fingerprint density at radius 1 is 1.26 bits per heavy atom. The zero-order valence-corrected chi connectivity index (χ0v) is 13.6. The van der Waals surface area contributed by atoms with Crippen LogP contribution in [0, 0.1) is 11.7 Å². The minimum atomic E-state index is -0.226. The Kier molecular flexibility index (Phi) is 5.28. The topological polar surface area (TPSA) is 41.6 Å². The zero-order valence-electron chi connectivity index (χ0n) is 13.6. The summed E-state index contributed by atoms with van der Waals surface area (Å²) in [5.41, 5.74) is 0.982. The van der Waals surface area contributed by atoms with Crippen molar-refractivity contribution >= 4 is 5.91 Å². The van der Waals surface area contributed by atoms with E-state index in [4.69, 9.17) is 4.74 Å². The number of hydrogen-bond donors (Lipinski definition) is 1. The molecule has 1 aromatic rings. The zero-order chi connectivity index (χ0) is 16.2. The predicted octanol–water partition coefficient (Wildman–Crippen LogP) is 2.33. The Hall–Kier alpha value is -1.46. The van der Waals surface area contributed by atoms with Crippen LogP contribution in [0.25, 0.3) is 0 Å². The molecule has 126 valence electrons. The summed E-state index contributed by atoms with van der Waals surface area (Å²) in [5.74, 6) is 0.197. The third-order valence-electron chi connectivity index (χ3n) is 5.00.